The average molecular weight is 461 g/mol. The summed E-state index contributed by atoms with van der Waals surface area (Å²) >= 11 is 0. The molecule has 0 aliphatic carbocycles. The van der Waals surface area contributed by atoms with Crippen molar-refractivity contribution >= 4 is 0 Å². The van der Waals surface area contributed by atoms with E-state index in [0.717, 1.165) is 0 Å². The molecule has 1 atom stereocenters. The summed E-state index contributed by atoms with van der Waals surface area (Å²) in [5.41, 5.74) is 0. The Morgan fingerprint density at radius 1 is 0.536 bits per heavy atom. The van der Waals surface area contributed by atoms with Crippen LogP contribution in [0.15, 0.2) is 0 Å². The number of alkyl halides is 16. The van der Waals surface area contributed by atoms with Gasteiger partial charge in [-0.15, -0.1) is 0 Å². The Labute approximate surface area is 143 Å². The second kappa shape index (κ2) is 6.40. The lowest BCUT2D eigenvalue weighted by Gasteiger charge is -2.45. The summed E-state index contributed by atoms with van der Waals surface area (Å²) in [5.74, 6) is -48.7. The highest BCUT2D eigenvalue weighted by molar-refractivity contribution is 5.13. The molecule has 0 aliphatic rings. The van der Waals surface area contributed by atoms with Crippen LogP contribution < -0.4 is 0 Å². The molecule has 0 bridgehead atoms. The Morgan fingerprint density at radius 3 is 1.04 bits per heavy atom. The summed E-state index contributed by atoms with van der Waals surface area (Å²) in [6.45, 7) is 0. The van der Waals surface area contributed by atoms with Crippen molar-refractivity contribution < 1.29 is 74.9 Å². The Morgan fingerprint density at radius 2 is 0.786 bits per heavy atom. The van der Waals surface area contributed by atoms with Crippen molar-refractivity contribution in [3.05, 3.63) is 5.21 Å². The Hall–Kier alpha value is -1.20. The van der Waals surface area contributed by atoms with Crippen molar-refractivity contribution in [1.82, 2.24) is 0 Å². The fourth-order valence-corrected chi connectivity index (χ4v) is 1.52. The third-order valence-electron chi connectivity index (χ3n) is 3.20. The molecule has 1 unspecified atom stereocenters. The van der Waals surface area contributed by atoms with Crippen molar-refractivity contribution in [3.8, 4) is 0 Å². The molecule has 2 nitrogen and oxygen atoms in total. The van der Waals surface area contributed by atoms with Crippen molar-refractivity contribution in [2.24, 2.45) is 0 Å². The van der Waals surface area contributed by atoms with E-state index < -0.39 is 52.7 Å². The average Bonchev–Trinajstić information content (AvgIpc) is 2.42. The number of quaternary nitrogens is 1. The summed E-state index contributed by atoms with van der Waals surface area (Å²) in [7, 11) is -0.505. The first-order chi connectivity index (χ1) is 11.7. The third-order valence-corrected chi connectivity index (χ3v) is 3.20. The number of hydroxylamine groups is 3. The first-order valence-electron chi connectivity index (χ1n) is 6.18. The maximum atomic E-state index is 13.2. The zero-order valence-corrected chi connectivity index (χ0v) is 13.0. The van der Waals surface area contributed by atoms with Crippen molar-refractivity contribution in [1.29, 1.82) is 0 Å². The normalized spacial score (nSPS) is 17.7. The maximum absolute atomic E-state index is 13.2. The zero-order chi connectivity index (χ0) is 23.6. The fourth-order valence-electron chi connectivity index (χ4n) is 1.52. The largest absolute Gasteiger partial charge is 0.631 e. The van der Waals surface area contributed by atoms with Crippen LogP contribution in [0.1, 0.15) is 0 Å². The molecule has 0 heterocycles. The van der Waals surface area contributed by atoms with E-state index in [9.17, 15) is 75.5 Å². The van der Waals surface area contributed by atoms with Gasteiger partial charge in [0.05, 0.1) is 14.1 Å². The molecule has 0 saturated carbocycles. The second-order valence-corrected chi connectivity index (χ2v) is 5.76. The number of hydrogen-bond donors (Lipinski definition) is 0. The first-order valence-corrected chi connectivity index (χ1v) is 6.18. The molecular weight excluding hydrogens is 454 g/mol. The monoisotopic (exact) mass is 461 g/mol. The minimum atomic E-state index is -8.51. The molecule has 0 spiro atoms. The van der Waals surface area contributed by atoms with E-state index in [0.29, 0.717) is 0 Å². The lowest BCUT2D eigenvalue weighted by atomic mass is 9.90. The van der Waals surface area contributed by atoms with Gasteiger partial charge >= 0.3 is 48.0 Å². The van der Waals surface area contributed by atoms with Gasteiger partial charge < -0.3 is 9.85 Å². The molecule has 170 valence electrons. The molecular formula is C10H7F16NO. The Balaban J connectivity index is 6.64. The van der Waals surface area contributed by atoms with Gasteiger partial charge in [-0.25, -0.2) is 0 Å². The molecule has 0 aromatic rings. The van der Waals surface area contributed by atoms with Gasteiger partial charge in [0.2, 0.25) is 0 Å². The molecule has 28 heavy (non-hydrogen) atoms. The topological polar surface area (TPSA) is 23.1 Å². The van der Waals surface area contributed by atoms with Gasteiger partial charge in [0.15, 0.2) is 0 Å². The highest BCUT2D eigenvalue weighted by Gasteiger charge is 2.94. The standard InChI is InChI=1S/C10H7F16NO/c1-27(2,28)3(11)4(12,13)5(14,15)6(16,17)7(18,19)8(20,21)9(22,23)10(24,25)26/h3H,1-2H3. The van der Waals surface area contributed by atoms with Crippen LogP contribution in [0.2, 0.25) is 0 Å². The zero-order valence-electron chi connectivity index (χ0n) is 13.0. The van der Waals surface area contributed by atoms with Crippen molar-refractivity contribution in [3.63, 3.8) is 0 Å². The van der Waals surface area contributed by atoms with E-state index in [-0.39, 0.29) is 14.1 Å². The van der Waals surface area contributed by atoms with E-state index in [1.165, 1.54) is 0 Å². The van der Waals surface area contributed by atoms with Gasteiger partial charge in [-0.3, -0.25) is 0 Å². The molecule has 0 fully saturated rings. The highest BCUT2D eigenvalue weighted by atomic mass is 19.4. The van der Waals surface area contributed by atoms with Crippen molar-refractivity contribution in [2.45, 2.75) is 48.0 Å². The van der Waals surface area contributed by atoms with Crippen LogP contribution in [0, 0.1) is 5.21 Å². The van der Waals surface area contributed by atoms with Crippen LogP contribution in [-0.4, -0.2) is 66.7 Å². The molecule has 0 aromatic carbocycles. The Kier molecular flexibility index (Phi) is 6.12. The molecule has 0 N–H and O–H groups in total. The lowest BCUT2D eigenvalue weighted by Crippen LogP contribution is -2.74. The predicted molar refractivity (Wildman–Crippen MR) is 56.1 cm³/mol. The van der Waals surface area contributed by atoms with Gasteiger partial charge in [0, 0.05) is 0 Å². The SMILES string of the molecule is C[N+](C)([O-])C(F)C(F)(F)C(F)(F)C(F)(F)C(F)(F)C(F)(F)C(F)(F)C(F)(F)F. The summed E-state index contributed by atoms with van der Waals surface area (Å²) in [6, 6.07) is 0. The smallest absolute Gasteiger partial charge is 0.460 e. The first kappa shape index (κ1) is 26.8. The number of hydrogen-bond acceptors (Lipinski definition) is 1. The molecule has 18 heteroatoms. The predicted octanol–water partition coefficient (Wildman–Crippen LogP) is 5.23. The Bertz CT molecular complexity index is 573. The van der Waals surface area contributed by atoms with Crippen LogP contribution in [0.3, 0.4) is 0 Å². The number of rotatable bonds is 7. The van der Waals surface area contributed by atoms with Crippen LogP contribution in [-0.2, 0) is 0 Å². The second-order valence-electron chi connectivity index (χ2n) is 5.76. The number of halogens is 16. The summed E-state index contributed by atoms with van der Waals surface area (Å²) in [6.07, 6.45) is -12.8. The van der Waals surface area contributed by atoms with E-state index in [1.807, 2.05) is 0 Å². The molecule has 0 aliphatic heterocycles. The van der Waals surface area contributed by atoms with E-state index in [2.05, 4.69) is 0 Å². The van der Waals surface area contributed by atoms with Gasteiger partial charge in [0.25, 0.3) is 0 Å². The van der Waals surface area contributed by atoms with E-state index in [1.54, 1.807) is 0 Å². The van der Waals surface area contributed by atoms with E-state index >= 15 is 0 Å². The molecule has 0 amide bonds. The van der Waals surface area contributed by atoms with Crippen LogP contribution >= 0.6 is 0 Å². The summed E-state index contributed by atoms with van der Waals surface area (Å²) in [4.78, 5) is 0. The number of nitrogens with zero attached hydrogens (tertiary/aromatic N) is 1. The molecule has 0 saturated heterocycles. The maximum Gasteiger partial charge on any atom is 0.460 e. The van der Waals surface area contributed by atoms with E-state index in [4.69, 9.17) is 0 Å². The highest BCUT2D eigenvalue weighted by Crippen LogP contribution is 2.63. The van der Waals surface area contributed by atoms with Gasteiger partial charge in [0.1, 0.15) is 0 Å². The minimum absolute atomic E-state index is 0.253. The molecule has 0 radical (unpaired) electrons. The fraction of sp³-hybridized carbons (Fsp3) is 1.00. The summed E-state index contributed by atoms with van der Waals surface area (Å²) < 4.78 is 202. The third kappa shape index (κ3) is 3.35. The van der Waals surface area contributed by atoms with Crippen LogP contribution in [0.25, 0.3) is 0 Å². The van der Waals surface area contributed by atoms with Crippen molar-refractivity contribution in [2.75, 3.05) is 14.1 Å². The van der Waals surface area contributed by atoms with Gasteiger partial charge in [-0.1, -0.05) is 0 Å². The van der Waals surface area contributed by atoms with Crippen LogP contribution in [0.5, 0.6) is 0 Å². The van der Waals surface area contributed by atoms with Gasteiger partial charge in [-0.05, 0) is 0 Å². The minimum Gasteiger partial charge on any atom is -0.631 e. The quantitative estimate of drug-likeness (QED) is 0.221. The molecule has 0 aromatic heterocycles. The van der Waals surface area contributed by atoms with Crippen LogP contribution in [0.4, 0.5) is 70.2 Å². The lowest BCUT2D eigenvalue weighted by molar-refractivity contribution is -0.896. The summed E-state index contributed by atoms with van der Waals surface area (Å²) in [5, 5.41) is 10.9. The molecule has 0 rings (SSSR count). The van der Waals surface area contributed by atoms with Gasteiger partial charge in [-0.2, -0.15) is 70.2 Å².